The van der Waals surface area contributed by atoms with E-state index in [9.17, 15) is 5.11 Å². The van der Waals surface area contributed by atoms with E-state index in [0.29, 0.717) is 37.9 Å². The molecule has 3 rings (SSSR count). The first-order valence-electron chi connectivity index (χ1n) is 14.0. The van der Waals surface area contributed by atoms with E-state index in [1.165, 1.54) is 0 Å². The minimum atomic E-state index is -0.966. The molecule has 0 bridgehead atoms. The summed E-state index contributed by atoms with van der Waals surface area (Å²) in [6.07, 6.45) is 0. The monoisotopic (exact) mass is 582 g/mol. The zero-order chi connectivity index (χ0) is 30.8. The number of ether oxygens (including phenoxy) is 7. The van der Waals surface area contributed by atoms with Crippen LogP contribution in [0.5, 0.6) is 17.2 Å². The quantitative estimate of drug-likeness (QED) is 0.187. The Morgan fingerprint density at radius 1 is 0.595 bits per heavy atom. The van der Waals surface area contributed by atoms with Gasteiger partial charge in [-0.25, -0.2) is 0 Å². The summed E-state index contributed by atoms with van der Waals surface area (Å²) in [7, 11) is 6.60. The third kappa shape index (κ3) is 8.69. The fourth-order valence-corrected chi connectivity index (χ4v) is 4.74. The van der Waals surface area contributed by atoms with Gasteiger partial charge in [-0.3, -0.25) is 0 Å². The van der Waals surface area contributed by atoms with Crippen molar-refractivity contribution in [3.63, 3.8) is 0 Å². The molecule has 0 atom stereocenters. The largest absolute Gasteiger partial charge is 0.489 e. The topological polar surface area (TPSA) is 84.8 Å². The predicted octanol–water partition coefficient (Wildman–Crippen LogP) is 6.27. The van der Waals surface area contributed by atoms with Crippen LogP contribution in [0.4, 0.5) is 0 Å². The maximum Gasteiger partial charge on any atom is 0.134 e. The van der Waals surface area contributed by atoms with E-state index in [0.717, 1.165) is 39.1 Å². The SMILES string of the molecule is COCc1cccc(COC)c1OCCOc1c(COC)ccc(OC(C)(C)c2cccc(C(C)(C)O)c2)c1COC. The molecule has 8 nitrogen and oxygen atoms in total. The first kappa shape index (κ1) is 33.4. The van der Waals surface area contributed by atoms with Crippen LogP contribution in [-0.4, -0.2) is 46.8 Å². The summed E-state index contributed by atoms with van der Waals surface area (Å²) < 4.78 is 41.0. The summed E-state index contributed by atoms with van der Waals surface area (Å²) in [4.78, 5) is 0. The Morgan fingerprint density at radius 3 is 1.64 bits per heavy atom. The molecule has 42 heavy (non-hydrogen) atoms. The minimum Gasteiger partial charge on any atom is -0.489 e. The van der Waals surface area contributed by atoms with Crippen LogP contribution in [0.1, 0.15) is 61.1 Å². The zero-order valence-electron chi connectivity index (χ0n) is 26.2. The van der Waals surface area contributed by atoms with Gasteiger partial charge in [0.25, 0.3) is 0 Å². The lowest BCUT2D eigenvalue weighted by molar-refractivity contribution is 0.0767. The second-order valence-corrected chi connectivity index (χ2v) is 11.1. The van der Waals surface area contributed by atoms with Gasteiger partial charge in [-0.1, -0.05) is 36.4 Å². The maximum absolute atomic E-state index is 10.6. The average Bonchev–Trinajstić information content (AvgIpc) is 2.94. The van der Waals surface area contributed by atoms with Crippen LogP contribution in [0.25, 0.3) is 0 Å². The summed E-state index contributed by atoms with van der Waals surface area (Å²) in [5.74, 6) is 2.02. The molecule has 0 aliphatic rings. The number of benzene rings is 3. The molecule has 8 heteroatoms. The molecule has 0 heterocycles. The molecule has 230 valence electrons. The lowest BCUT2D eigenvalue weighted by atomic mass is 9.91. The van der Waals surface area contributed by atoms with Crippen molar-refractivity contribution in [2.75, 3.05) is 41.7 Å². The highest BCUT2D eigenvalue weighted by atomic mass is 16.5. The molecule has 0 aromatic heterocycles. The maximum atomic E-state index is 10.6. The molecule has 3 aromatic carbocycles. The molecule has 3 aromatic rings. The van der Waals surface area contributed by atoms with Gasteiger partial charge in [0.1, 0.15) is 36.1 Å². The smallest absolute Gasteiger partial charge is 0.134 e. The van der Waals surface area contributed by atoms with Crippen molar-refractivity contribution in [1.82, 2.24) is 0 Å². The van der Waals surface area contributed by atoms with Crippen LogP contribution in [0, 0.1) is 0 Å². The highest BCUT2D eigenvalue weighted by Crippen LogP contribution is 2.38. The third-order valence-corrected chi connectivity index (χ3v) is 6.87. The van der Waals surface area contributed by atoms with E-state index in [-0.39, 0.29) is 13.2 Å². The van der Waals surface area contributed by atoms with Crippen LogP contribution in [-0.2, 0) is 56.6 Å². The first-order valence-corrected chi connectivity index (χ1v) is 14.0. The Kier molecular flexibility index (Phi) is 12.2. The van der Waals surface area contributed by atoms with Gasteiger partial charge in [0.05, 0.1) is 37.6 Å². The molecule has 1 N–H and O–H groups in total. The number of hydrogen-bond acceptors (Lipinski definition) is 8. The third-order valence-electron chi connectivity index (χ3n) is 6.87. The van der Waals surface area contributed by atoms with Crippen LogP contribution in [0.2, 0.25) is 0 Å². The van der Waals surface area contributed by atoms with Gasteiger partial charge in [0.15, 0.2) is 0 Å². The van der Waals surface area contributed by atoms with Crippen molar-refractivity contribution >= 4 is 0 Å². The number of para-hydroxylation sites is 1. The minimum absolute atomic E-state index is 0.275. The van der Waals surface area contributed by atoms with Crippen molar-refractivity contribution in [2.24, 2.45) is 0 Å². The summed E-state index contributed by atoms with van der Waals surface area (Å²) in [5.41, 5.74) is 3.61. The Balaban J connectivity index is 1.88. The Bertz CT molecular complexity index is 1250. The van der Waals surface area contributed by atoms with Crippen molar-refractivity contribution in [2.45, 2.75) is 65.3 Å². The van der Waals surface area contributed by atoms with Gasteiger partial charge >= 0.3 is 0 Å². The van der Waals surface area contributed by atoms with Crippen molar-refractivity contribution in [1.29, 1.82) is 0 Å². The summed E-state index contributed by atoms with van der Waals surface area (Å²) in [6.45, 7) is 9.61. The molecule has 0 aliphatic heterocycles. The molecule has 0 fully saturated rings. The second-order valence-electron chi connectivity index (χ2n) is 11.1. The molecular weight excluding hydrogens is 536 g/mol. The molecule has 0 saturated heterocycles. The second kappa shape index (κ2) is 15.4. The van der Waals surface area contributed by atoms with Gasteiger partial charge in [0.2, 0.25) is 0 Å². The first-order chi connectivity index (χ1) is 20.0. The number of rotatable bonds is 17. The summed E-state index contributed by atoms with van der Waals surface area (Å²) in [6, 6.07) is 17.6. The fraction of sp³-hybridized carbons (Fsp3) is 0.471. The predicted molar refractivity (Wildman–Crippen MR) is 162 cm³/mol. The Morgan fingerprint density at radius 2 is 1.10 bits per heavy atom. The highest BCUT2D eigenvalue weighted by molar-refractivity contribution is 5.50. The fourth-order valence-electron chi connectivity index (χ4n) is 4.74. The van der Waals surface area contributed by atoms with Crippen LogP contribution >= 0.6 is 0 Å². The molecular formula is C34H46O8. The Labute approximate surface area is 250 Å². The highest BCUT2D eigenvalue weighted by Gasteiger charge is 2.28. The van der Waals surface area contributed by atoms with Crippen molar-refractivity contribution < 1.29 is 38.3 Å². The lowest BCUT2D eigenvalue weighted by Gasteiger charge is -2.30. The standard InChI is InChI=1S/C34H46O8/c1-33(2,35)27-13-10-14-28(19-27)34(3,4)42-30-16-15-26(22-38-7)32(29(30)23-39-8)41-18-17-40-31-24(20-36-5)11-9-12-25(31)21-37-6/h9-16,19,35H,17-18,20-23H2,1-8H3. The average molecular weight is 583 g/mol. The molecule has 0 spiro atoms. The van der Waals surface area contributed by atoms with Crippen LogP contribution in [0.3, 0.4) is 0 Å². The molecule has 0 aliphatic carbocycles. The van der Waals surface area contributed by atoms with Crippen LogP contribution < -0.4 is 14.2 Å². The molecule has 0 amide bonds. The normalized spacial score (nSPS) is 11.9. The van der Waals surface area contributed by atoms with E-state index in [2.05, 4.69) is 0 Å². The van der Waals surface area contributed by atoms with Gasteiger partial charge in [-0.2, -0.15) is 0 Å². The van der Waals surface area contributed by atoms with E-state index >= 15 is 0 Å². The van der Waals surface area contributed by atoms with E-state index in [1.807, 2.05) is 68.4 Å². The Hall–Kier alpha value is -3.14. The summed E-state index contributed by atoms with van der Waals surface area (Å²) in [5, 5.41) is 10.6. The molecule has 0 unspecified atom stereocenters. The van der Waals surface area contributed by atoms with E-state index in [1.54, 1.807) is 42.3 Å². The van der Waals surface area contributed by atoms with Gasteiger partial charge in [0, 0.05) is 45.1 Å². The van der Waals surface area contributed by atoms with Gasteiger partial charge in [-0.05, 0) is 57.0 Å². The van der Waals surface area contributed by atoms with Crippen LogP contribution in [0.15, 0.2) is 54.6 Å². The number of methoxy groups -OCH3 is 4. The van der Waals surface area contributed by atoms with Crippen molar-refractivity contribution in [3.8, 4) is 17.2 Å². The zero-order valence-corrected chi connectivity index (χ0v) is 26.2. The summed E-state index contributed by atoms with van der Waals surface area (Å²) >= 11 is 0. The van der Waals surface area contributed by atoms with E-state index < -0.39 is 11.2 Å². The van der Waals surface area contributed by atoms with Crippen molar-refractivity contribution in [3.05, 3.63) is 88.0 Å². The van der Waals surface area contributed by atoms with Gasteiger partial charge in [-0.15, -0.1) is 0 Å². The molecule has 0 radical (unpaired) electrons. The number of aliphatic hydroxyl groups is 1. The van der Waals surface area contributed by atoms with E-state index in [4.69, 9.17) is 33.2 Å². The number of hydrogen-bond donors (Lipinski definition) is 1. The lowest BCUT2D eigenvalue weighted by Crippen LogP contribution is -2.27. The van der Waals surface area contributed by atoms with Gasteiger partial charge < -0.3 is 38.3 Å². The molecule has 0 saturated carbocycles.